The molecule has 1 amide bonds. The van der Waals surface area contributed by atoms with Crippen LogP contribution in [-0.4, -0.2) is 25.5 Å². The molecular formula is C13H15ClF3N5O. The smallest absolute Gasteiger partial charge is 0.322 e. The van der Waals surface area contributed by atoms with Gasteiger partial charge in [0.25, 0.3) is 0 Å². The number of aryl methyl sites for hydroxylation is 1. The number of aromatic nitrogens is 4. The summed E-state index contributed by atoms with van der Waals surface area (Å²) in [6.07, 6.45) is -3.18. The van der Waals surface area contributed by atoms with E-state index in [1.165, 1.54) is 13.1 Å². The molecule has 0 unspecified atom stereocenters. The Kier molecular flexibility index (Phi) is 4.69. The lowest BCUT2D eigenvalue weighted by Gasteiger charge is -2.07. The monoisotopic (exact) mass is 349 g/mol. The van der Waals surface area contributed by atoms with E-state index in [1.54, 1.807) is 11.6 Å². The fourth-order valence-corrected chi connectivity index (χ4v) is 2.32. The van der Waals surface area contributed by atoms with Gasteiger partial charge in [0.15, 0.2) is 5.69 Å². The van der Waals surface area contributed by atoms with Crippen molar-refractivity contribution in [1.29, 1.82) is 0 Å². The molecule has 1 N–H and O–H groups in total. The van der Waals surface area contributed by atoms with Crippen molar-refractivity contribution in [2.24, 2.45) is 0 Å². The first-order chi connectivity index (χ1) is 10.6. The average molecular weight is 350 g/mol. The van der Waals surface area contributed by atoms with Gasteiger partial charge in [0.2, 0.25) is 5.91 Å². The fraction of sp³-hybridized carbons (Fsp3) is 0.462. The highest BCUT2D eigenvalue weighted by Crippen LogP contribution is 2.35. The number of hydrogen-bond acceptors (Lipinski definition) is 3. The first kappa shape index (κ1) is 17.3. The van der Waals surface area contributed by atoms with E-state index in [-0.39, 0.29) is 12.2 Å². The van der Waals surface area contributed by atoms with Crippen molar-refractivity contribution < 1.29 is 18.0 Å². The van der Waals surface area contributed by atoms with Gasteiger partial charge in [0.1, 0.15) is 6.54 Å². The Bertz CT molecular complexity index is 735. The molecular weight excluding hydrogens is 335 g/mol. The standard InChI is InChI=1S/C13H15ClF3N5O/c1-4-21-7(2)9(5-18-21)19-10(23)6-22-8(3)11(14)12(20-22)13(15,16)17/h5H,4,6H2,1-3H3,(H,19,23). The molecule has 0 radical (unpaired) electrons. The molecule has 0 aromatic carbocycles. The molecule has 2 aromatic rings. The largest absolute Gasteiger partial charge is 0.436 e. The lowest BCUT2D eigenvalue weighted by atomic mass is 10.3. The van der Waals surface area contributed by atoms with Crippen LogP contribution in [0, 0.1) is 13.8 Å². The molecule has 0 atom stereocenters. The number of rotatable bonds is 4. The van der Waals surface area contributed by atoms with Gasteiger partial charge in [-0.05, 0) is 20.8 Å². The van der Waals surface area contributed by atoms with Crippen LogP contribution in [0.2, 0.25) is 5.02 Å². The average Bonchev–Trinajstić information content (AvgIpc) is 2.94. The predicted octanol–water partition coefficient (Wildman–Crippen LogP) is 3.03. The third-order valence-corrected chi connectivity index (χ3v) is 3.82. The molecule has 0 spiro atoms. The van der Waals surface area contributed by atoms with Gasteiger partial charge in [-0.3, -0.25) is 14.2 Å². The molecule has 0 aliphatic carbocycles. The van der Waals surface area contributed by atoms with Crippen molar-refractivity contribution in [2.45, 2.75) is 40.0 Å². The topological polar surface area (TPSA) is 64.7 Å². The summed E-state index contributed by atoms with van der Waals surface area (Å²) in [5.41, 5.74) is 0.144. The molecule has 10 heteroatoms. The summed E-state index contributed by atoms with van der Waals surface area (Å²) < 4.78 is 40.9. The zero-order valence-electron chi connectivity index (χ0n) is 12.7. The molecule has 0 fully saturated rings. The molecule has 0 saturated carbocycles. The Labute approximate surface area is 135 Å². The minimum absolute atomic E-state index is 0.0788. The second-order valence-electron chi connectivity index (χ2n) is 4.91. The first-order valence-electron chi connectivity index (χ1n) is 6.77. The molecule has 6 nitrogen and oxygen atoms in total. The molecule has 126 valence electrons. The van der Waals surface area contributed by atoms with Crippen LogP contribution in [0.15, 0.2) is 6.20 Å². The highest BCUT2D eigenvalue weighted by Gasteiger charge is 2.38. The summed E-state index contributed by atoms with van der Waals surface area (Å²) in [5, 5.41) is 9.56. The fourth-order valence-electron chi connectivity index (χ4n) is 2.07. The maximum Gasteiger partial charge on any atom is 0.436 e. The summed E-state index contributed by atoms with van der Waals surface area (Å²) in [6, 6.07) is 0. The van der Waals surface area contributed by atoms with Crippen molar-refractivity contribution in [3.63, 3.8) is 0 Å². The van der Waals surface area contributed by atoms with E-state index in [2.05, 4.69) is 15.5 Å². The molecule has 0 saturated heterocycles. The van der Waals surface area contributed by atoms with E-state index in [1.807, 2.05) is 6.92 Å². The maximum absolute atomic E-state index is 12.7. The van der Waals surface area contributed by atoms with Crippen molar-refractivity contribution in [3.8, 4) is 0 Å². The lowest BCUT2D eigenvalue weighted by molar-refractivity contribution is -0.141. The summed E-state index contributed by atoms with van der Waals surface area (Å²) >= 11 is 5.64. The number of nitrogens with one attached hydrogen (secondary N) is 1. The summed E-state index contributed by atoms with van der Waals surface area (Å²) in [6.45, 7) is 5.32. The van der Waals surface area contributed by atoms with E-state index in [9.17, 15) is 18.0 Å². The minimum Gasteiger partial charge on any atom is -0.322 e. The molecule has 2 aromatic heterocycles. The van der Waals surface area contributed by atoms with Crippen molar-refractivity contribution in [2.75, 3.05) is 5.32 Å². The van der Waals surface area contributed by atoms with Gasteiger partial charge in [-0.2, -0.15) is 23.4 Å². The number of anilines is 1. The van der Waals surface area contributed by atoms with Gasteiger partial charge in [-0.15, -0.1) is 0 Å². The summed E-state index contributed by atoms with van der Waals surface area (Å²) in [5.74, 6) is -0.514. The lowest BCUT2D eigenvalue weighted by Crippen LogP contribution is -2.21. The Balaban J connectivity index is 2.16. The number of nitrogens with zero attached hydrogens (tertiary/aromatic N) is 4. The molecule has 2 rings (SSSR count). The molecule has 2 heterocycles. The van der Waals surface area contributed by atoms with Crippen LogP contribution in [0.5, 0.6) is 0 Å². The molecule has 0 aliphatic heterocycles. The van der Waals surface area contributed by atoms with Gasteiger partial charge in [-0.25, -0.2) is 0 Å². The van der Waals surface area contributed by atoms with Gasteiger partial charge in [0.05, 0.1) is 28.3 Å². The number of carbonyl (C=O) groups is 1. The second kappa shape index (κ2) is 6.23. The quantitative estimate of drug-likeness (QED) is 0.922. The van der Waals surface area contributed by atoms with Crippen LogP contribution >= 0.6 is 11.6 Å². The summed E-state index contributed by atoms with van der Waals surface area (Å²) in [4.78, 5) is 12.0. The third-order valence-electron chi connectivity index (χ3n) is 3.37. The number of halogens is 4. The first-order valence-corrected chi connectivity index (χ1v) is 7.15. The zero-order chi connectivity index (χ0) is 17.4. The number of amides is 1. The van der Waals surface area contributed by atoms with Crippen molar-refractivity contribution in [1.82, 2.24) is 19.6 Å². The maximum atomic E-state index is 12.7. The highest BCUT2D eigenvalue weighted by atomic mass is 35.5. The van der Waals surface area contributed by atoms with Gasteiger partial charge < -0.3 is 5.32 Å². The third kappa shape index (κ3) is 3.49. The Morgan fingerprint density at radius 3 is 2.43 bits per heavy atom. The normalized spacial score (nSPS) is 11.8. The van der Waals surface area contributed by atoms with E-state index in [4.69, 9.17) is 11.6 Å². The number of hydrogen-bond donors (Lipinski definition) is 1. The SMILES string of the molecule is CCn1ncc(NC(=O)Cn2nc(C(F)(F)F)c(Cl)c2C)c1C. The van der Waals surface area contributed by atoms with Crippen LogP contribution in [0.1, 0.15) is 24.0 Å². The van der Waals surface area contributed by atoms with E-state index in [0.29, 0.717) is 12.2 Å². The van der Waals surface area contributed by atoms with E-state index in [0.717, 1.165) is 10.4 Å². The highest BCUT2D eigenvalue weighted by molar-refractivity contribution is 6.32. The molecule has 0 bridgehead atoms. The Morgan fingerprint density at radius 1 is 1.30 bits per heavy atom. The van der Waals surface area contributed by atoms with Crippen LogP contribution in [0.25, 0.3) is 0 Å². The number of carbonyl (C=O) groups excluding carboxylic acids is 1. The van der Waals surface area contributed by atoms with Crippen molar-refractivity contribution >= 4 is 23.2 Å². The summed E-state index contributed by atoms with van der Waals surface area (Å²) in [7, 11) is 0. The number of alkyl halides is 3. The van der Waals surface area contributed by atoms with E-state index >= 15 is 0 Å². The van der Waals surface area contributed by atoms with Crippen molar-refractivity contribution in [3.05, 3.63) is 28.3 Å². The predicted molar refractivity (Wildman–Crippen MR) is 78.2 cm³/mol. The minimum atomic E-state index is -4.66. The van der Waals surface area contributed by atoms with Crippen LogP contribution < -0.4 is 5.32 Å². The van der Waals surface area contributed by atoms with Crippen LogP contribution in [-0.2, 0) is 24.1 Å². The second-order valence-corrected chi connectivity index (χ2v) is 5.29. The van der Waals surface area contributed by atoms with E-state index < -0.39 is 22.8 Å². The Hall–Kier alpha value is -2.03. The van der Waals surface area contributed by atoms with Crippen LogP contribution in [0.3, 0.4) is 0 Å². The van der Waals surface area contributed by atoms with Gasteiger partial charge in [0, 0.05) is 6.54 Å². The molecule has 0 aliphatic rings. The van der Waals surface area contributed by atoms with Crippen LogP contribution in [0.4, 0.5) is 18.9 Å². The molecule has 23 heavy (non-hydrogen) atoms. The van der Waals surface area contributed by atoms with Gasteiger partial charge in [-0.1, -0.05) is 11.6 Å². The zero-order valence-corrected chi connectivity index (χ0v) is 13.5. The van der Waals surface area contributed by atoms with Gasteiger partial charge >= 0.3 is 6.18 Å². The Morgan fingerprint density at radius 2 is 1.96 bits per heavy atom.